The minimum Gasteiger partial charge on any atom is -0.378 e. The van der Waals surface area contributed by atoms with Gasteiger partial charge in [-0.3, -0.25) is 4.68 Å². The van der Waals surface area contributed by atoms with E-state index in [4.69, 9.17) is 4.74 Å². The van der Waals surface area contributed by atoms with Crippen molar-refractivity contribution in [2.24, 2.45) is 12.5 Å². The van der Waals surface area contributed by atoms with Gasteiger partial charge in [0.15, 0.2) is 0 Å². The van der Waals surface area contributed by atoms with E-state index in [1.54, 1.807) is 0 Å². The van der Waals surface area contributed by atoms with E-state index in [-0.39, 0.29) is 0 Å². The Morgan fingerprint density at radius 1 is 1.40 bits per heavy atom. The van der Waals surface area contributed by atoms with Gasteiger partial charge in [0.2, 0.25) is 0 Å². The number of hydrogen-bond acceptors (Lipinski definition) is 3. The summed E-state index contributed by atoms with van der Waals surface area (Å²) in [5.41, 5.74) is 1.54. The first-order valence-electron chi connectivity index (χ1n) is 8.08. The van der Waals surface area contributed by atoms with Crippen molar-refractivity contribution in [1.82, 2.24) is 15.1 Å². The molecular formula is C16H27N3O. The number of ether oxygens (including phenoxy) is 1. The van der Waals surface area contributed by atoms with Crippen LogP contribution in [0.2, 0.25) is 0 Å². The van der Waals surface area contributed by atoms with Crippen LogP contribution in [-0.2, 0) is 18.3 Å². The Balaban J connectivity index is 1.61. The summed E-state index contributed by atoms with van der Waals surface area (Å²) < 4.78 is 7.87. The Bertz CT molecular complexity index is 437. The highest BCUT2D eigenvalue weighted by Crippen LogP contribution is 2.53. The van der Waals surface area contributed by atoms with Gasteiger partial charge in [0.1, 0.15) is 0 Å². The van der Waals surface area contributed by atoms with Crippen molar-refractivity contribution < 1.29 is 4.74 Å². The molecule has 1 aromatic heterocycles. The quantitative estimate of drug-likeness (QED) is 0.899. The van der Waals surface area contributed by atoms with Crippen molar-refractivity contribution in [3.63, 3.8) is 0 Å². The maximum atomic E-state index is 6.00. The Kier molecular flexibility index (Phi) is 4.13. The molecule has 2 atom stereocenters. The molecule has 2 aliphatic rings. The number of nitrogens with one attached hydrogen (secondary N) is 1. The second-order valence-electron chi connectivity index (χ2n) is 6.39. The van der Waals surface area contributed by atoms with Crippen LogP contribution in [0, 0.1) is 5.41 Å². The lowest BCUT2D eigenvalue weighted by atomic mass is 9.55. The van der Waals surface area contributed by atoms with Crippen LogP contribution in [0.5, 0.6) is 0 Å². The lowest BCUT2D eigenvalue weighted by Gasteiger charge is -2.58. The predicted molar refractivity (Wildman–Crippen MR) is 79.4 cm³/mol. The van der Waals surface area contributed by atoms with Crippen LogP contribution in [-0.4, -0.2) is 28.5 Å². The molecule has 1 N–H and O–H groups in total. The summed E-state index contributed by atoms with van der Waals surface area (Å²) in [5.74, 6) is 0. The highest BCUT2D eigenvalue weighted by Gasteiger charge is 2.55. The Morgan fingerprint density at radius 2 is 2.20 bits per heavy atom. The van der Waals surface area contributed by atoms with Gasteiger partial charge < -0.3 is 10.1 Å². The molecule has 0 aliphatic heterocycles. The third-order valence-electron chi connectivity index (χ3n) is 5.24. The fourth-order valence-electron chi connectivity index (χ4n) is 4.13. The summed E-state index contributed by atoms with van der Waals surface area (Å²) in [6, 6.07) is 2.71. The lowest BCUT2D eigenvalue weighted by Crippen LogP contribution is -2.64. The van der Waals surface area contributed by atoms with Gasteiger partial charge in [0, 0.05) is 37.9 Å². The molecule has 0 bridgehead atoms. The van der Waals surface area contributed by atoms with Gasteiger partial charge in [-0.25, -0.2) is 0 Å². The lowest BCUT2D eigenvalue weighted by molar-refractivity contribution is -0.150. The molecule has 0 saturated heterocycles. The van der Waals surface area contributed by atoms with Crippen molar-refractivity contribution in [3.05, 3.63) is 18.0 Å². The van der Waals surface area contributed by atoms with E-state index in [1.165, 1.54) is 38.5 Å². The van der Waals surface area contributed by atoms with Crippen molar-refractivity contribution in [3.8, 4) is 0 Å². The number of aromatic nitrogens is 2. The molecule has 3 rings (SSSR count). The van der Waals surface area contributed by atoms with Crippen molar-refractivity contribution in [1.29, 1.82) is 0 Å². The van der Waals surface area contributed by atoms with Crippen molar-refractivity contribution in [2.75, 3.05) is 6.61 Å². The predicted octanol–water partition coefficient (Wildman–Crippen LogP) is 2.64. The minimum absolute atomic E-state index is 0.406. The average molecular weight is 277 g/mol. The molecule has 1 aromatic rings. The molecule has 2 fully saturated rings. The largest absolute Gasteiger partial charge is 0.378 e. The molecule has 2 saturated carbocycles. The van der Waals surface area contributed by atoms with E-state index in [2.05, 4.69) is 23.4 Å². The maximum absolute atomic E-state index is 6.00. The van der Waals surface area contributed by atoms with Gasteiger partial charge in [0.05, 0.1) is 11.8 Å². The van der Waals surface area contributed by atoms with E-state index in [0.717, 1.165) is 18.8 Å². The van der Waals surface area contributed by atoms with Gasteiger partial charge in [-0.1, -0.05) is 19.3 Å². The molecule has 1 heterocycles. The zero-order chi connectivity index (χ0) is 14.0. The zero-order valence-corrected chi connectivity index (χ0v) is 12.8. The third-order valence-corrected chi connectivity index (χ3v) is 5.24. The Morgan fingerprint density at radius 3 is 2.85 bits per heavy atom. The second-order valence-corrected chi connectivity index (χ2v) is 6.39. The van der Waals surface area contributed by atoms with Crippen LogP contribution in [0.1, 0.15) is 51.1 Å². The Hall–Kier alpha value is -0.870. The molecule has 112 valence electrons. The first-order chi connectivity index (χ1) is 9.74. The molecule has 2 aliphatic carbocycles. The summed E-state index contributed by atoms with van der Waals surface area (Å²) in [4.78, 5) is 0. The fraction of sp³-hybridized carbons (Fsp3) is 0.812. The molecule has 0 amide bonds. The molecule has 0 aromatic carbocycles. The fourth-order valence-corrected chi connectivity index (χ4v) is 4.13. The first kappa shape index (κ1) is 14.1. The summed E-state index contributed by atoms with van der Waals surface area (Å²) in [5, 5.41) is 8.19. The van der Waals surface area contributed by atoms with Gasteiger partial charge in [0.25, 0.3) is 0 Å². The Labute approximate surface area is 121 Å². The molecule has 4 nitrogen and oxygen atoms in total. The summed E-state index contributed by atoms with van der Waals surface area (Å²) >= 11 is 0. The normalized spacial score (nSPS) is 28.5. The second kappa shape index (κ2) is 5.86. The number of rotatable bonds is 5. The molecule has 1 spiro atoms. The van der Waals surface area contributed by atoms with Crippen LogP contribution in [0.3, 0.4) is 0 Å². The van der Waals surface area contributed by atoms with Gasteiger partial charge in [-0.15, -0.1) is 0 Å². The first-order valence-corrected chi connectivity index (χ1v) is 8.08. The van der Waals surface area contributed by atoms with Crippen LogP contribution in [0.25, 0.3) is 0 Å². The number of nitrogens with zero attached hydrogens (tertiary/aromatic N) is 2. The average Bonchev–Trinajstić information content (AvgIpc) is 2.88. The summed E-state index contributed by atoms with van der Waals surface area (Å²) in [6.45, 7) is 3.84. The van der Waals surface area contributed by atoms with Crippen molar-refractivity contribution >= 4 is 0 Å². The van der Waals surface area contributed by atoms with Crippen molar-refractivity contribution in [2.45, 2.75) is 64.1 Å². The highest BCUT2D eigenvalue weighted by atomic mass is 16.5. The SMILES string of the molecule is CCOC1CC(NCc2ccn(C)n2)C12CCCCC2. The minimum atomic E-state index is 0.406. The molecular weight excluding hydrogens is 250 g/mol. The van der Waals surface area contributed by atoms with E-state index in [0.29, 0.717) is 17.6 Å². The van der Waals surface area contributed by atoms with E-state index in [9.17, 15) is 0 Å². The smallest absolute Gasteiger partial charge is 0.0762 e. The van der Waals surface area contributed by atoms with Gasteiger partial charge in [-0.05, 0) is 32.3 Å². The molecule has 2 unspecified atom stereocenters. The maximum Gasteiger partial charge on any atom is 0.0762 e. The monoisotopic (exact) mass is 277 g/mol. The zero-order valence-electron chi connectivity index (χ0n) is 12.8. The third kappa shape index (κ3) is 2.51. The number of hydrogen-bond donors (Lipinski definition) is 1. The van der Waals surface area contributed by atoms with Crippen LogP contribution in [0.4, 0.5) is 0 Å². The van der Waals surface area contributed by atoms with Crippen LogP contribution in [0.15, 0.2) is 12.3 Å². The highest BCUT2D eigenvalue weighted by molar-refractivity contribution is 5.10. The number of aryl methyl sites for hydroxylation is 1. The van der Waals surface area contributed by atoms with E-state index in [1.807, 2.05) is 17.9 Å². The molecule has 20 heavy (non-hydrogen) atoms. The van der Waals surface area contributed by atoms with Crippen LogP contribution < -0.4 is 5.32 Å². The van der Waals surface area contributed by atoms with Crippen LogP contribution >= 0.6 is 0 Å². The standard InChI is InChI=1S/C16H27N3O/c1-3-20-15-11-14(16(15)8-5-4-6-9-16)17-12-13-7-10-19(2)18-13/h7,10,14-15,17H,3-6,8-9,11-12H2,1-2H3. The van der Waals surface area contributed by atoms with E-state index >= 15 is 0 Å². The summed E-state index contributed by atoms with van der Waals surface area (Å²) in [7, 11) is 1.97. The van der Waals surface area contributed by atoms with E-state index < -0.39 is 0 Å². The van der Waals surface area contributed by atoms with Gasteiger partial charge in [-0.2, -0.15) is 5.10 Å². The topological polar surface area (TPSA) is 39.1 Å². The summed E-state index contributed by atoms with van der Waals surface area (Å²) in [6.07, 6.45) is 10.5. The molecule has 0 radical (unpaired) electrons. The van der Waals surface area contributed by atoms with Gasteiger partial charge >= 0.3 is 0 Å². The molecule has 4 heteroatoms.